The van der Waals surface area contributed by atoms with Crippen molar-refractivity contribution in [2.45, 2.75) is 71.8 Å². The third-order valence-electron chi connectivity index (χ3n) is 6.76. The number of carbonyl (C=O) groups excluding carboxylic acids is 5. The fourth-order valence-electron chi connectivity index (χ4n) is 4.64. The highest BCUT2D eigenvalue weighted by atomic mass is 17.2. The van der Waals surface area contributed by atoms with Crippen LogP contribution in [0.5, 0.6) is 5.75 Å². The number of esters is 1. The van der Waals surface area contributed by atoms with Crippen LogP contribution >= 0.6 is 0 Å². The zero-order chi connectivity index (χ0) is 38.1. The summed E-state index contributed by atoms with van der Waals surface area (Å²) in [6.45, 7) is 14.1. The first-order valence-electron chi connectivity index (χ1n) is 16.4. The SMILES string of the molecule is C=CCOOC(=O)Nc1nn(CCCNC(=O)OC(C)(C)C)cc1-c1ccc(OCC(ON2C(=O)c3ccccc3C2=O)C(=O)OC(C)(C)C)cc1. The average Bonchev–Trinajstić information content (AvgIpc) is 3.57. The molecule has 4 amide bonds. The number of hydrogen-bond donors (Lipinski definition) is 2. The molecule has 0 fully saturated rings. The van der Waals surface area contributed by atoms with E-state index >= 15 is 0 Å². The summed E-state index contributed by atoms with van der Waals surface area (Å²) in [5.74, 6) is -1.78. The van der Waals surface area contributed by atoms with Gasteiger partial charge < -0.3 is 19.5 Å². The molecule has 16 nitrogen and oxygen atoms in total. The minimum absolute atomic E-state index is 0.0149. The lowest BCUT2D eigenvalue weighted by Crippen LogP contribution is -2.43. The van der Waals surface area contributed by atoms with Gasteiger partial charge in [-0.3, -0.25) is 24.5 Å². The van der Waals surface area contributed by atoms with E-state index in [2.05, 4.69) is 22.3 Å². The van der Waals surface area contributed by atoms with Crippen molar-refractivity contribution in [3.63, 3.8) is 0 Å². The van der Waals surface area contributed by atoms with Crippen LogP contribution < -0.4 is 15.4 Å². The number of aromatic nitrogens is 2. The monoisotopic (exact) mass is 721 g/mol. The van der Waals surface area contributed by atoms with Crippen LogP contribution in [0, 0.1) is 0 Å². The Morgan fingerprint density at radius 1 is 0.885 bits per heavy atom. The van der Waals surface area contributed by atoms with Crippen molar-refractivity contribution in [3.05, 3.63) is 78.5 Å². The molecule has 2 heterocycles. The molecule has 0 bridgehead atoms. The number of fused-ring (bicyclic) bond motifs is 1. The number of amides is 4. The van der Waals surface area contributed by atoms with E-state index in [4.69, 9.17) is 28.8 Å². The minimum Gasteiger partial charge on any atom is -0.490 e. The molecule has 1 aliphatic heterocycles. The van der Waals surface area contributed by atoms with E-state index in [9.17, 15) is 24.0 Å². The van der Waals surface area contributed by atoms with E-state index in [1.54, 1.807) is 88.8 Å². The van der Waals surface area contributed by atoms with Gasteiger partial charge in [-0.05, 0) is 77.8 Å². The Bertz CT molecular complexity index is 1740. The molecule has 1 aromatic heterocycles. The van der Waals surface area contributed by atoms with Crippen molar-refractivity contribution in [1.29, 1.82) is 0 Å². The topological polar surface area (TPSA) is 186 Å². The van der Waals surface area contributed by atoms with Crippen LogP contribution in [0.15, 0.2) is 67.4 Å². The van der Waals surface area contributed by atoms with Crippen molar-refractivity contribution >= 4 is 35.8 Å². The maximum Gasteiger partial charge on any atom is 0.444 e. The zero-order valence-electron chi connectivity index (χ0n) is 29.9. The van der Waals surface area contributed by atoms with E-state index < -0.39 is 53.9 Å². The Balaban J connectivity index is 1.46. The van der Waals surface area contributed by atoms with Crippen LogP contribution in [-0.4, -0.2) is 81.9 Å². The largest absolute Gasteiger partial charge is 0.490 e. The van der Waals surface area contributed by atoms with Crippen LogP contribution in [0.4, 0.5) is 15.4 Å². The Hall–Kier alpha value is -5.74. The van der Waals surface area contributed by atoms with Crippen LogP contribution in [0.3, 0.4) is 0 Å². The summed E-state index contributed by atoms with van der Waals surface area (Å²) in [7, 11) is 0. The molecule has 0 saturated heterocycles. The quantitative estimate of drug-likeness (QED) is 0.0506. The van der Waals surface area contributed by atoms with Gasteiger partial charge in [-0.15, -0.1) is 11.6 Å². The first-order valence-corrected chi connectivity index (χ1v) is 16.4. The highest BCUT2D eigenvalue weighted by Crippen LogP contribution is 2.30. The highest BCUT2D eigenvalue weighted by molar-refractivity contribution is 6.20. The number of nitrogens with zero attached hydrogens (tertiary/aromatic N) is 3. The Kier molecular flexibility index (Phi) is 12.8. The van der Waals surface area contributed by atoms with Gasteiger partial charge in [0.15, 0.2) is 5.82 Å². The van der Waals surface area contributed by atoms with E-state index in [0.717, 1.165) is 0 Å². The first-order chi connectivity index (χ1) is 24.5. The lowest BCUT2D eigenvalue weighted by atomic mass is 10.1. The van der Waals surface area contributed by atoms with Gasteiger partial charge in [0.1, 0.15) is 30.2 Å². The molecule has 0 radical (unpaired) electrons. The number of nitrogens with one attached hydrogen (secondary N) is 2. The van der Waals surface area contributed by atoms with Gasteiger partial charge in [0, 0.05) is 24.8 Å². The molecule has 3 aromatic rings. The van der Waals surface area contributed by atoms with Crippen LogP contribution in [0.1, 0.15) is 68.7 Å². The molecule has 2 aromatic carbocycles. The minimum atomic E-state index is -1.48. The van der Waals surface area contributed by atoms with Gasteiger partial charge in [0.2, 0.25) is 6.10 Å². The molecular formula is C36H43N5O11. The summed E-state index contributed by atoms with van der Waals surface area (Å²) < 4.78 is 18.2. The lowest BCUT2D eigenvalue weighted by molar-refractivity contribution is -0.224. The third-order valence-corrected chi connectivity index (χ3v) is 6.76. The molecule has 52 heavy (non-hydrogen) atoms. The number of aryl methyl sites for hydroxylation is 1. The van der Waals surface area contributed by atoms with E-state index in [-0.39, 0.29) is 23.6 Å². The summed E-state index contributed by atoms with van der Waals surface area (Å²) in [4.78, 5) is 78.4. The maximum absolute atomic E-state index is 13.1. The number of hydrogen-bond acceptors (Lipinski definition) is 12. The van der Waals surface area contributed by atoms with Crippen molar-refractivity contribution in [1.82, 2.24) is 20.2 Å². The molecule has 1 atom stereocenters. The Morgan fingerprint density at radius 3 is 2.12 bits per heavy atom. The second kappa shape index (κ2) is 17.0. The third kappa shape index (κ3) is 11.1. The van der Waals surface area contributed by atoms with Crippen molar-refractivity contribution in [2.24, 2.45) is 0 Å². The summed E-state index contributed by atoms with van der Waals surface area (Å²) in [6, 6.07) is 12.8. The molecule has 278 valence electrons. The van der Waals surface area contributed by atoms with Gasteiger partial charge >= 0.3 is 18.2 Å². The summed E-state index contributed by atoms with van der Waals surface area (Å²) in [6.07, 6.45) is 0.696. The predicted octanol–water partition coefficient (Wildman–Crippen LogP) is 5.45. The number of rotatable bonds is 15. The number of hydroxylamine groups is 2. The maximum atomic E-state index is 13.1. The van der Waals surface area contributed by atoms with Crippen LogP contribution in [0.25, 0.3) is 11.1 Å². The predicted molar refractivity (Wildman–Crippen MR) is 186 cm³/mol. The van der Waals surface area contributed by atoms with Crippen molar-refractivity contribution in [3.8, 4) is 16.9 Å². The molecule has 1 aliphatic rings. The summed E-state index contributed by atoms with van der Waals surface area (Å²) >= 11 is 0. The highest BCUT2D eigenvalue weighted by Gasteiger charge is 2.40. The Morgan fingerprint density at radius 2 is 1.52 bits per heavy atom. The van der Waals surface area contributed by atoms with E-state index in [1.807, 2.05) is 0 Å². The number of imide groups is 1. The average molecular weight is 722 g/mol. The van der Waals surface area contributed by atoms with Crippen LogP contribution in [-0.2, 0) is 35.4 Å². The van der Waals surface area contributed by atoms with Gasteiger partial charge in [-0.2, -0.15) is 9.99 Å². The fourth-order valence-corrected chi connectivity index (χ4v) is 4.64. The molecule has 0 aliphatic carbocycles. The molecule has 0 saturated carbocycles. The normalized spacial score (nSPS) is 13.2. The second-order valence-electron chi connectivity index (χ2n) is 13.4. The molecular weight excluding hydrogens is 678 g/mol. The number of benzene rings is 2. The van der Waals surface area contributed by atoms with Gasteiger partial charge in [-0.1, -0.05) is 30.3 Å². The first kappa shape index (κ1) is 39.1. The van der Waals surface area contributed by atoms with Gasteiger partial charge in [0.25, 0.3) is 11.8 Å². The standard InChI is InChI=1S/C36H43N5O11/c1-8-20-48-52-34(46)38-29-27(21-40(39-29)19-11-18-37-33(45)50-36(5,6)7)23-14-16-24(17-15-23)47-22-28(32(44)49-35(2,3)4)51-41-30(42)25-12-9-10-13-26(25)31(41)43/h8-10,12-17,21,28H,1,11,18-20,22H2,2-7H3,(H,37,45)(H,38,39,46). The molecule has 4 rings (SSSR count). The number of alkyl carbamates (subject to hydrolysis) is 1. The summed E-state index contributed by atoms with van der Waals surface area (Å²) in [5, 5.41) is 10.3. The van der Waals surface area contributed by atoms with Crippen LogP contribution in [0.2, 0.25) is 0 Å². The number of anilines is 1. The number of ether oxygens (including phenoxy) is 3. The lowest BCUT2D eigenvalue weighted by Gasteiger charge is -2.26. The van der Waals surface area contributed by atoms with Crippen molar-refractivity contribution in [2.75, 3.05) is 25.1 Å². The number of carbonyl (C=O) groups is 5. The molecule has 1 unspecified atom stereocenters. The molecule has 2 N–H and O–H groups in total. The van der Waals surface area contributed by atoms with Crippen molar-refractivity contribution < 1.29 is 52.8 Å². The fraction of sp³-hybridized carbons (Fsp3) is 0.389. The van der Waals surface area contributed by atoms with E-state index in [0.29, 0.717) is 41.4 Å². The zero-order valence-corrected chi connectivity index (χ0v) is 29.9. The molecule has 0 spiro atoms. The molecule has 16 heteroatoms. The second-order valence-corrected chi connectivity index (χ2v) is 13.4. The Labute approximate surface area is 300 Å². The van der Waals surface area contributed by atoms with Gasteiger partial charge in [-0.25, -0.2) is 19.2 Å². The smallest absolute Gasteiger partial charge is 0.444 e. The summed E-state index contributed by atoms with van der Waals surface area (Å²) in [5.41, 5.74) is -0.0661. The van der Waals surface area contributed by atoms with Gasteiger partial charge in [0.05, 0.1) is 11.1 Å². The van der Waals surface area contributed by atoms with E-state index in [1.165, 1.54) is 18.2 Å².